The van der Waals surface area contributed by atoms with E-state index in [4.69, 9.17) is 33.7 Å². The van der Waals surface area contributed by atoms with Gasteiger partial charge in [0.05, 0.1) is 17.7 Å². The average molecular weight is 270 g/mol. The summed E-state index contributed by atoms with van der Waals surface area (Å²) >= 11 is 11.4. The summed E-state index contributed by atoms with van der Waals surface area (Å²) in [5.41, 5.74) is 4.80. The molecule has 2 N–H and O–H groups in total. The van der Waals surface area contributed by atoms with Crippen LogP contribution in [0.3, 0.4) is 0 Å². The van der Waals surface area contributed by atoms with E-state index in [1.54, 1.807) is 0 Å². The van der Waals surface area contributed by atoms with Gasteiger partial charge in [-0.25, -0.2) is 8.78 Å². The molecule has 0 aromatic heterocycles. The van der Waals surface area contributed by atoms with Crippen LogP contribution in [0.1, 0.15) is 12.0 Å². The van der Waals surface area contributed by atoms with Gasteiger partial charge in [0.1, 0.15) is 5.75 Å². The van der Waals surface area contributed by atoms with Gasteiger partial charge in [0.25, 0.3) is 5.92 Å². The van der Waals surface area contributed by atoms with E-state index in [1.165, 1.54) is 13.2 Å². The Morgan fingerprint density at radius 3 is 2.50 bits per heavy atom. The van der Waals surface area contributed by atoms with Crippen molar-refractivity contribution in [1.29, 1.82) is 0 Å². The predicted octanol–water partition coefficient (Wildman–Crippen LogP) is 3.44. The standard InChI is InChI=1S/C10H11Cl2F2NO/c1-16-9-7(10(13,14)2-3-15)4-6(11)5-8(9)12/h4-5H,2-3,15H2,1H3. The van der Waals surface area contributed by atoms with Gasteiger partial charge >= 0.3 is 0 Å². The molecular weight excluding hydrogens is 259 g/mol. The molecule has 0 heterocycles. The second kappa shape index (κ2) is 5.17. The second-order valence-electron chi connectivity index (χ2n) is 3.21. The van der Waals surface area contributed by atoms with Crippen molar-refractivity contribution in [1.82, 2.24) is 0 Å². The molecule has 0 unspecified atom stereocenters. The molecule has 16 heavy (non-hydrogen) atoms. The van der Waals surface area contributed by atoms with Gasteiger partial charge in [0.2, 0.25) is 0 Å². The largest absolute Gasteiger partial charge is 0.495 e. The smallest absolute Gasteiger partial charge is 0.278 e. The van der Waals surface area contributed by atoms with E-state index < -0.39 is 12.3 Å². The number of alkyl halides is 2. The lowest BCUT2D eigenvalue weighted by molar-refractivity contribution is -0.0127. The highest BCUT2D eigenvalue weighted by molar-refractivity contribution is 6.35. The first-order valence-corrected chi connectivity index (χ1v) is 5.29. The normalized spacial score (nSPS) is 11.6. The molecule has 0 fully saturated rings. The van der Waals surface area contributed by atoms with Crippen LogP contribution in [0.2, 0.25) is 10.0 Å². The van der Waals surface area contributed by atoms with Gasteiger partial charge in [-0.05, 0) is 18.7 Å². The second-order valence-corrected chi connectivity index (χ2v) is 4.06. The number of hydrogen-bond acceptors (Lipinski definition) is 2. The molecule has 0 saturated heterocycles. The summed E-state index contributed by atoms with van der Waals surface area (Å²) in [6, 6.07) is 2.49. The van der Waals surface area contributed by atoms with E-state index in [9.17, 15) is 8.78 Å². The zero-order valence-corrected chi connectivity index (χ0v) is 10.1. The van der Waals surface area contributed by atoms with Crippen LogP contribution < -0.4 is 10.5 Å². The minimum atomic E-state index is -3.10. The fourth-order valence-electron chi connectivity index (χ4n) is 1.36. The summed E-state index contributed by atoms with van der Waals surface area (Å²) in [4.78, 5) is 0. The Bertz CT molecular complexity index is 385. The minimum Gasteiger partial charge on any atom is -0.495 e. The van der Waals surface area contributed by atoms with E-state index in [0.29, 0.717) is 0 Å². The molecule has 1 rings (SSSR count). The highest BCUT2D eigenvalue weighted by atomic mass is 35.5. The van der Waals surface area contributed by atoms with Gasteiger partial charge in [0, 0.05) is 11.4 Å². The Morgan fingerprint density at radius 2 is 2.00 bits per heavy atom. The van der Waals surface area contributed by atoms with Crippen molar-refractivity contribution in [2.24, 2.45) is 5.73 Å². The first-order valence-electron chi connectivity index (χ1n) is 4.53. The highest BCUT2D eigenvalue weighted by Crippen LogP contribution is 2.42. The molecule has 1 aromatic carbocycles. The first kappa shape index (κ1) is 13.5. The van der Waals surface area contributed by atoms with Crippen LogP contribution in [0.4, 0.5) is 8.78 Å². The van der Waals surface area contributed by atoms with E-state index in [2.05, 4.69) is 0 Å². The van der Waals surface area contributed by atoms with Crippen LogP contribution in [-0.4, -0.2) is 13.7 Å². The molecule has 0 saturated carbocycles. The Balaban J connectivity index is 3.30. The van der Waals surface area contributed by atoms with Crippen molar-refractivity contribution < 1.29 is 13.5 Å². The van der Waals surface area contributed by atoms with E-state index >= 15 is 0 Å². The summed E-state index contributed by atoms with van der Waals surface area (Å²) in [5, 5.41) is 0.194. The molecule has 0 radical (unpaired) electrons. The average Bonchev–Trinajstić information content (AvgIpc) is 2.16. The Labute approximate surface area is 102 Å². The van der Waals surface area contributed by atoms with Crippen LogP contribution >= 0.6 is 23.2 Å². The Kier molecular flexibility index (Phi) is 4.35. The lowest BCUT2D eigenvalue weighted by atomic mass is 10.0. The van der Waals surface area contributed by atoms with E-state index in [-0.39, 0.29) is 27.9 Å². The van der Waals surface area contributed by atoms with Gasteiger partial charge in [0.15, 0.2) is 0 Å². The molecule has 0 spiro atoms. The SMILES string of the molecule is COc1c(Cl)cc(Cl)cc1C(F)(F)CCN. The molecule has 90 valence electrons. The molecule has 1 aromatic rings. The van der Waals surface area contributed by atoms with Gasteiger partial charge < -0.3 is 10.5 Å². The number of halogens is 4. The monoisotopic (exact) mass is 269 g/mol. The van der Waals surface area contributed by atoms with Crippen molar-refractivity contribution in [3.63, 3.8) is 0 Å². The third-order valence-electron chi connectivity index (χ3n) is 2.06. The minimum absolute atomic E-state index is 0.0571. The number of hydrogen-bond donors (Lipinski definition) is 1. The van der Waals surface area contributed by atoms with Gasteiger partial charge in [-0.1, -0.05) is 23.2 Å². The van der Waals surface area contributed by atoms with Crippen molar-refractivity contribution in [3.05, 3.63) is 27.7 Å². The lowest BCUT2D eigenvalue weighted by Gasteiger charge is -2.19. The molecular formula is C10H11Cl2F2NO. The van der Waals surface area contributed by atoms with Crippen molar-refractivity contribution in [2.45, 2.75) is 12.3 Å². The number of ether oxygens (including phenoxy) is 1. The third-order valence-corrected chi connectivity index (χ3v) is 2.56. The van der Waals surface area contributed by atoms with Crippen LogP contribution in [-0.2, 0) is 5.92 Å². The van der Waals surface area contributed by atoms with Gasteiger partial charge in [-0.15, -0.1) is 0 Å². The topological polar surface area (TPSA) is 35.2 Å². The predicted molar refractivity (Wildman–Crippen MR) is 60.6 cm³/mol. The van der Waals surface area contributed by atoms with Gasteiger partial charge in [-0.2, -0.15) is 0 Å². The molecule has 0 aliphatic carbocycles. The highest BCUT2D eigenvalue weighted by Gasteiger charge is 2.35. The zero-order chi connectivity index (χ0) is 12.3. The summed E-state index contributed by atoms with van der Waals surface area (Å²) in [6.07, 6.45) is -0.486. The molecule has 2 nitrogen and oxygen atoms in total. The number of benzene rings is 1. The molecule has 0 atom stereocenters. The molecule has 6 heteroatoms. The van der Waals surface area contributed by atoms with E-state index in [1.807, 2.05) is 0 Å². The van der Waals surface area contributed by atoms with Crippen molar-refractivity contribution in [2.75, 3.05) is 13.7 Å². The third kappa shape index (κ3) is 2.75. The zero-order valence-electron chi connectivity index (χ0n) is 8.57. The number of methoxy groups -OCH3 is 1. The molecule has 0 aliphatic heterocycles. The van der Waals surface area contributed by atoms with Crippen molar-refractivity contribution >= 4 is 23.2 Å². The first-order chi connectivity index (χ1) is 7.42. The maximum atomic E-state index is 13.7. The fraction of sp³-hybridized carbons (Fsp3) is 0.400. The number of rotatable bonds is 4. The molecule has 0 bridgehead atoms. The van der Waals surface area contributed by atoms with Crippen LogP contribution in [0.25, 0.3) is 0 Å². The Hall–Kier alpha value is -0.580. The van der Waals surface area contributed by atoms with Crippen LogP contribution in [0, 0.1) is 0 Å². The number of nitrogens with two attached hydrogens (primary N) is 1. The Morgan fingerprint density at radius 1 is 1.38 bits per heavy atom. The summed E-state index contributed by atoms with van der Waals surface area (Å²) in [7, 11) is 1.27. The van der Waals surface area contributed by atoms with Crippen LogP contribution in [0.15, 0.2) is 12.1 Å². The summed E-state index contributed by atoms with van der Waals surface area (Å²) in [5.74, 6) is -3.17. The molecule has 0 amide bonds. The maximum Gasteiger partial charge on any atom is 0.278 e. The van der Waals surface area contributed by atoms with Crippen molar-refractivity contribution in [3.8, 4) is 5.75 Å². The maximum absolute atomic E-state index is 13.7. The van der Waals surface area contributed by atoms with Gasteiger partial charge in [-0.3, -0.25) is 0 Å². The summed E-state index contributed by atoms with van der Waals surface area (Å²) < 4.78 is 32.2. The summed E-state index contributed by atoms with van der Waals surface area (Å²) in [6.45, 7) is -0.139. The quantitative estimate of drug-likeness (QED) is 0.909. The van der Waals surface area contributed by atoms with Crippen LogP contribution in [0.5, 0.6) is 5.75 Å². The van der Waals surface area contributed by atoms with E-state index in [0.717, 1.165) is 6.07 Å². The molecule has 0 aliphatic rings. The fourth-order valence-corrected chi connectivity index (χ4v) is 1.93. The lowest BCUT2D eigenvalue weighted by Crippen LogP contribution is -2.19.